The van der Waals surface area contributed by atoms with E-state index in [2.05, 4.69) is 24.1 Å². The fourth-order valence-electron chi connectivity index (χ4n) is 1.93. The smallest absolute Gasteiger partial charge is 0.238 e. The first-order valence-electron chi connectivity index (χ1n) is 7.05. The molecule has 0 aromatic heterocycles. The van der Waals surface area contributed by atoms with Crippen LogP contribution in [0.5, 0.6) is 0 Å². The Bertz CT molecular complexity index is 468. The van der Waals surface area contributed by atoms with E-state index in [0.29, 0.717) is 42.1 Å². The predicted octanol–water partition coefficient (Wildman–Crippen LogP) is 2.61. The summed E-state index contributed by atoms with van der Waals surface area (Å²) in [6.07, 6.45) is 0.968. The number of nitrogens with two attached hydrogens (primary N) is 1. The molecule has 1 unspecified atom stereocenters. The Labute approximate surface area is 131 Å². The number of methoxy groups -OCH3 is 1. The Morgan fingerprint density at radius 2 is 2.24 bits per heavy atom. The molecule has 1 rings (SSSR count). The van der Waals surface area contributed by atoms with Crippen molar-refractivity contribution in [2.24, 2.45) is 0 Å². The van der Waals surface area contributed by atoms with Crippen LogP contribution in [0.25, 0.3) is 0 Å². The van der Waals surface area contributed by atoms with E-state index in [0.717, 1.165) is 6.42 Å². The first-order chi connectivity index (χ1) is 9.97. The lowest BCUT2D eigenvalue weighted by atomic mass is 10.2. The second kappa shape index (κ2) is 8.87. The van der Waals surface area contributed by atoms with E-state index in [1.807, 2.05) is 0 Å². The molecule has 0 radical (unpaired) electrons. The van der Waals surface area contributed by atoms with Crippen molar-refractivity contribution in [2.75, 3.05) is 37.9 Å². The van der Waals surface area contributed by atoms with Gasteiger partial charge in [-0.15, -0.1) is 0 Å². The molecule has 0 aliphatic carbocycles. The topological polar surface area (TPSA) is 67.6 Å². The molecule has 0 fully saturated rings. The molecule has 0 aliphatic rings. The van der Waals surface area contributed by atoms with Crippen molar-refractivity contribution in [1.82, 2.24) is 4.90 Å². The summed E-state index contributed by atoms with van der Waals surface area (Å²) in [4.78, 5) is 14.3. The number of carbonyl (C=O) groups excluding carboxylic acids is 1. The molecule has 0 aliphatic heterocycles. The zero-order chi connectivity index (χ0) is 15.8. The van der Waals surface area contributed by atoms with Crippen LogP contribution in [0.15, 0.2) is 18.2 Å². The van der Waals surface area contributed by atoms with E-state index in [1.54, 1.807) is 25.3 Å². The number of hydrogen-bond donors (Lipinski definition) is 2. The fraction of sp³-hybridized carbons (Fsp3) is 0.533. The second-order valence-electron chi connectivity index (χ2n) is 5.01. The first-order valence-corrected chi connectivity index (χ1v) is 7.43. The largest absolute Gasteiger partial charge is 0.399 e. The minimum Gasteiger partial charge on any atom is -0.399 e. The average Bonchev–Trinajstić information content (AvgIpc) is 2.46. The second-order valence-corrected chi connectivity index (χ2v) is 5.42. The van der Waals surface area contributed by atoms with E-state index in [1.165, 1.54) is 0 Å². The van der Waals surface area contributed by atoms with E-state index in [-0.39, 0.29) is 5.91 Å². The van der Waals surface area contributed by atoms with Crippen molar-refractivity contribution < 1.29 is 9.53 Å². The number of anilines is 2. The molecular formula is C15H24ClN3O2. The minimum atomic E-state index is -0.112. The molecule has 21 heavy (non-hydrogen) atoms. The number of rotatable bonds is 8. The number of nitrogen functional groups attached to an aromatic ring is 1. The Hall–Kier alpha value is -1.30. The maximum Gasteiger partial charge on any atom is 0.238 e. The first kappa shape index (κ1) is 17.8. The molecule has 0 heterocycles. The van der Waals surface area contributed by atoms with Crippen LogP contribution in [-0.4, -0.2) is 43.7 Å². The van der Waals surface area contributed by atoms with Gasteiger partial charge in [-0.25, -0.2) is 0 Å². The Kier molecular flexibility index (Phi) is 7.50. The van der Waals surface area contributed by atoms with E-state index >= 15 is 0 Å². The van der Waals surface area contributed by atoms with E-state index in [9.17, 15) is 4.79 Å². The van der Waals surface area contributed by atoms with Crippen LogP contribution < -0.4 is 11.1 Å². The van der Waals surface area contributed by atoms with Gasteiger partial charge in [0.1, 0.15) is 0 Å². The zero-order valence-corrected chi connectivity index (χ0v) is 13.6. The minimum absolute atomic E-state index is 0.112. The predicted molar refractivity (Wildman–Crippen MR) is 87.7 cm³/mol. The van der Waals surface area contributed by atoms with Crippen molar-refractivity contribution in [2.45, 2.75) is 26.3 Å². The van der Waals surface area contributed by atoms with Gasteiger partial charge >= 0.3 is 0 Å². The molecule has 1 atom stereocenters. The summed E-state index contributed by atoms with van der Waals surface area (Å²) in [5, 5.41) is 3.28. The van der Waals surface area contributed by atoms with Crippen LogP contribution in [0.1, 0.15) is 20.3 Å². The molecule has 1 amide bonds. The lowest BCUT2D eigenvalue weighted by Crippen LogP contribution is -2.41. The number of halogens is 1. The summed E-state index contributed by atoms with van der Waals surface area (Å²) < 4.78 is 5.09. The summed E-state index contributed by atoms with van der Waals surface area (Å²) in [6, 6.07) is 5.33. The van der Waals surface area contributed by atoms with Gasteiger partial charge in [0.15, 0.2) is 0 Å². The van der Waals surface area contributed by atoms with Crippen molar-refractivity contribution in [3.8, 4) is 0 Å². The van der Waals surface area contributed by atoms with Crippen molar-refractivity contribution in [3.05, 3.63) is 23.2 Å². The summed E-state index contributed by atoms with van der Waals surface area (Å²) in [5.41, 5.74) is 6.81. The lowest BCUT2D eigenvalue weighted by Gasteiger charge is -2.27. The molecule has 0 spiro atoms. The van der Waals surface area contributed by atoms with Crippen LogP contribution in [0.2, 0.25) is 5.02 Å². The highest BCUT2D eigenvalue weighted by molar-refractivity contribution is 6.33. The van der Waals surface area contributed by atoms with Gasteiger partial charge < -0.3 is 15.8 Å². The van der Waals surface area contributed by atoms with Crippen LogP contribution in [0.3, 0.4) is 0 Å². The molecule has 1 aromatic carbocycles. The zero-order valence-electron chi connectivity index (χ0n) is 12.9. The van der Waals surface area contributed by atoms with Crippen molar-refractivity contribution >= 4 is 28.9 Å². The summed E-state index contributed by atoms with van der Waals surface area (Å²) in [6.45, 7) is 5.79. The fourth-order valence-corrected chi connectivity index (χ4v) is 2.10. The van der Waals surface area contributed by atoms with Crippen LogP contribution in [0.4, 0.5) is 11.4 Å². The van der Waals surface area contributed by atoms with Gasteiger partial charge in [-0.1, -0.05) is 18.5 Å². The standard InChI is InChI=1S/C15H24ClN3O2/c1-4-11(2)19(7-8-21-3)10-15(20)18-14-9-12(17)5-6-13(14)16/h5-6,9,11H,4,7-8,10,17H2,1-3H3,(H,18,20). The monoisotopic (exact) mass is 313 g/mol. The van der Waals surface area contributed by atoms with Gasteiger partial charge in [0.05, 0.1) is 23.9 Å². The van der Waals surface area contributed by atoms with Crippen LogP contribution in [-0.2, 0) is 9.53 Å². The highest BCUT2D eigenvalue weighted by Crippen LogP contribution is 2.24. The maximum atomic E-state index is 12.2. The number of carbonyl (C=O) groups is 1. The van der Waals surface area contributed by atoms with Gasteiger partial charge in [0, 0.05) is 25.4 Å². The third kappa shape index (κ3) is 5.91. The van der Waals surface area contributed by atoms with Crippen LogP contribution >= 0.6 is 11.6 Å². The quantitative estimate of drug-likeness (QED) is 0.724. The third-order valence-electron chi connectivity index (χ3n) is 3.41. The summed E-state index contributed by atoms with van der Waals surface area (Å²) in [5.74, 6) is -0.112. The molecular weight excluding hydrogens is 290 g/mol. The van der Waals surface area contributed by atoms with E-state index in [4.69, 9.17) is 22.1 Å². The van der Waals surface area contributed by atoms with Crippen molar-refractivity contribution in [1.29, 1.82) is 0 Å². The molecule has 6 heteroatoms. The molecule has 1 aromatic rings. The number of nitrogens with one attached hydrogen (secondary N) is 1. The highest BCUT2D eigenvalue weighted by atomic mass is 35.5. The number of ether oxygens (including phenoxy) is 1. The average molecular weight is 314 g/mol. The third-order valence-corrected chi connectivity index (χ3v) is 3.74. The van der Waals surface area contributed by atoms with Gasteiger partial charge in [-0.05, 0) is 31.5 Å². The molecule has 5 nitrogen and oxygen atoms in total. The number of hydrogen-bond acceptors (Lipinski definition) is 4. The number of benzene rings is 1. The number of nitrogens with zero attached hydrogens (tertiary/aromatic N) is 1. The highest BCUT2D eigenvalue weighted by Gasteiger charge is 2.16. The summed E-state index contributed by atoms with van der Waals surface area (Å²) >= 11 is 6.05. The maximum absolute atomic E-state index is 12.2. The van der Waals surface area contributed by atoms with Gasteiger partial charge in [-0.2, -0.15) is 0 Å². The van der Waals surface area contributed by atoms with Gasteiger partial charge in [0.25, 0.3) is 0 Å². The SMILES string of the molecule is CCC(C)N(CCOC)CC(=O)Nc1cc(N)ccc1Cl. The van der Waals surface area contributed by atoms with E-state index < -0.39 is 0 Å². The Morgan fingerprint density at radius 3 is 2.86 bits per heavy atom. The Morgan fingerprint density at radius 1 is 1.52 bits per heavy atom. The molecule has 3 N–H and O–H groups in total. The number of amides is 1. The van der Waals surface area contributed by atoms with Gasteiger partial charge in [-0.3, -0.25) is 9.69 Å². The molecule has 0 saturated heterocycles. The molecule has 0 saturated carbocycles. The lowest BCUT2D eigenvalue weighted by molar-refractivity contribution is -0.118. The Balaban J connectivity index is 2.66. The summed E-state index contributed by atoms with van der Waals surface area (Å²) in [7, 11) is 1.65. The normalized spacial score (nSPS) is 12.4. The molecule has 118 valence electrons. The molecule has 0 bridgehead atoms. The van der Waals surface area contributed by atoms with Crippen LogP contribution in [0, 0.1) is 0 Å². The van der Waals surface area contributed by atoms with Gasteiger partial charge in [0.2, 0.25) is 5.91 Å². The van der Waals surface area contributed by atoms with Crippen molar-refractivity contribution in [3.63, 3.8) is 0 Å².